The summed E-state index contributed by atoms with van der Waals surface area (Å²) in [5, 5.41) is 0.158. The van der Waals surface area contributed by atoms with Crippen molar-refractivity contribution >= 4 is 27.9 Å². The molecule has 0 aromatic carbocycles. The van der Waals surface area contributed by atoms with Crippen molar-refractivity contribution in [3.8, 4) is 0 Å². The highest BCUT2D eigenvalue weighted by Gasteiger charge is 2.38. The number of rotatable bonds is 2. The van der Waals surface area contributed by atoms with Gasteiger partial charge in [0.1, 0.15) is 6.61 Å². The van der Waals surface area contributed by atoms with E-state index in [0.29, 0.717) is 6.61 Å². The number of halogens is 1. The van der Waals surface area contributed by atoms with Gasteiger partial charge in [0.15, 0.2) is 0 Å². The van der Waals surface area contributed by atoms with Gasteiger partial charge < -0.3 is 4.74 Å². The second-order valence-electron chi connectivity index (χ2n) is 3.29. The molecule has 4 nitrogen and oxygen atoms in total. The number of hydrogen-bond donors (Lipinski definition) is 0. The molecule has 0 unspecified atom stereocenters. The van der Waals surface area contributed by atoms with Gasteiger partial charge in [0.2, 0.25) is 5.91 Å². The molecule has 1 heterocycles. The molecule has 0 spiro atoms. The Morgan fingerprint density at radius 3 is 2.85 bits per heavy atom. The largest absolute Gasteiger partial charge is 0.447 e. The van der Waals surface area contributed by atoms with Crippen molar-refractivity contribution in [3.05, 3.63) is 0 Å². The van der Waals surface area contributed by atoms with E-state index in [1.165, 1.54) is 4.90 Å². The first-order valence-electron chi connectivity index (χ1n) is 4.12. The van der Waals surface area contributed by atoms with Crippen LogP contribution >= 0.6 is 15.9 Å². The minimum absolute atomic E-state index is 0.113. The molecule has 0 N–H and O–H groups in total. The van der Waals surface area contributed by atoms with Gasteiger partial charge in [-0.15, -0.1) is 0 Å². The summed E-state index contributed by atoms with van der Waals surface area (Å²) in [5.74, 6) is -0.00403. The number of cyclic esters (lactones) is 1. The fraction of sp³-hybridized carbons (Fsp3) is 0.750. The van der Waals surface area contributed by atoms with Crippen LogP contribution in [0.3, 0.4) is 0 Å². The van der Waals surface area contributed by atoms with E-state index in [1.54, 1.807) is 0 Å². The quantitative estimate of drug-likeness (QED) is 0.695. The summed E-state index contributed by atoms with van der Waals surface area (Å²) in [6.07, 6.45) is -0.525. The van der Waals surface area contributed by atoms with Crippen molar-refractivity contribution in [1.82, 2.24) is 4.90 Å². The Labute approximate surface area is 85.4 Å². The van der Waals surface area contributed by atoms with E-state index in [1.807, 2.05) is 13.8 Å². The lowest BCUT2D eigenvalue weighted by Gasteiger charge is -2.21. The molecule has 1 aliphatic rings. The Kier molecular flexibility index (Phi) is 3.30. The smallest absolute Gasteiger partial charge is 0.417 e. The zero-order chi connectivity index (χ0) is 10.0. The second kappa shape index (κ2) is 4.09. The molecule has 0 bridgehead atoms. The number of carbonyl (C=O) groups excluding carboxylic acids is 2. The van der Waals surface area contributed by atoms with Crippen LogP contribution in [0.25, 0.3) is 0 Å². The normalized spacial score (nSPS) is 22.3. The maximum absolute atomic E-state index is 11.3. The number of alkyl halides is 1. The van der Waals surface area contributed by atoms with Crippen molar-refractivity contribution in [2.45, 2.75) is 19.9 Å². The van der Waals surface area contributed by atoms with Crippen LogP contribution in [0.5, 0.6) is 0 Å². The highest BCUT2D eigenvalue weighted by Crippen LogP contribution is 2.19. The van der Waals surface area contributed by atoms with Crippen molar-refractivity contribution in [2.24, 2.45) is 5.92 Å². The summed E-state index contributed by atoms with van der Waals surface area (Å²) < 4.78 is 4.81. The van der Waals surface area contributed by atoms with E-state index in [9.17, 15) is 9.59 Å². The Morgan fingerprint density at radius 2 is 2.38 bits per heavy atom. The summed E-state index contributed by atoms with van der Waals surface area (Å²) in [6, 6.07) is -0.113. The van der Waals surface area contributed by atoms with E-state index in [-0.39, 0.29) is 23.2 Å². The molecular formula is C8H12BrNO3. The molecule has 5 heteroatoms. The molecule has 0 saturated carbocycles. The van der Waals surface area contributed by atoms with Gasteiger partial charge in [-0.25, -0.2) is 9.69 Å². The molecule has 0 aromatic rings. The van der Waals surface area contributed by atoms with Crippen LogP contribution in [0.1, 0.15) is 13.8 Å². The van der Waals surface area contributed by atoms with Gasteiger partial charge in [0.25, 0.3) is 0 Å². The summed E-state index contributed by atoms with van der Waals surface area (Å²) in [6.45, 7) is 4.23. The predicted octanol–water partition coefficient (Wildman–Crippen LogP) is 1.38. The second-order valence-corrected chi connectivity index (χ2v) is 3.85. The first kappa shape index (κ1) is 10.5. The van der Waals surface area contributed by atoms with E-state index in [0.717, 1.165) is 0 Å². The van der Waals surface area contributed by atoms with Crippen molar-refractivity contribution in [2.75, 3.05) is 11.9 Å². The Bertz CT molecular complexity index is 229. The van der Waals surface area contributed by atoms with Crippen molar-refractivity contribution in [3.63, 3.8) is 0 Å². The summed E-state index contributed by atoms with van der Waals surface area (Å²) in [5.41, 5.74) is 0. The van der Waals surface area contributed by atoms with Gasteiger partial charge in [0.05, 0.1) is 11.4 Å². The molecule has 0 aliphatic carbocycles. The maximum Gasteiger partial charge on any atom is 0.417 e. The van der Waals surface area contributed by atoms with Crippen LogP contribution in [0.4, 0.5) is 4.79 Å². The molecular weight excluding hydrogens is 238 g/mol. The van der Waals surface area contributed by atoms with Crippen molar-refractivity contribution < 1.29 is 14.3 Å². The van der Waals surface area contributed by atoms with Crippen LogP contribution < -0.4 is 0 Å². The first-order valence-corrected chi connectivity index (χ1v) is 5.25. The van der Waals surface area contributed by atoms with E-state index in [4.69, 9.17) is 4.74 Å². The summed E-state index contributed by atoms with van der Waals surface area (Å²) in [7, 11) is 0. The third-order valence-corrected chi connectivity index (χ3v) is 2.54. The maximum atomic E-state index is 11.3. The molecule has 13 heavy (non-hydrogen) atoms. The van der Waals surface area contributed by atoms with Crippen LogP contribution in [0, 0.1) is 5.92 Å². The topological polar surface area (TPSA) is 46.6 Å². The highest BCUT2D eigenvalue weighted by atomic mass is 79.9. The Balaban J connectivity index is 2.77. The number of ether oxygens (including phenoxy) is 1. The molecule has 74 valence electrons. The van der Waals surface area contributed by atoms with Crippen LogP contribution in [-0.2, 0) is 9.53 Å². The Morgan fingerprint density at radius 1 is 1.77 bits per heavy atom. The van der Waals surface area contributed by atoms with Crippen LogP contribution in [-0.4, -0.2) is 34.9 Å². The van der Waals surface area contributed by atoms with Gasteiger partial charge in [-0.3, -0.25) is 4.79 Å². The highest BCUT2D eigenvalue weighted by molar-refractivity contribution is 9.09. The summed E-state index contributed by atoms with van der Waals surface area (Å²) in [4.78, 5) is 23.7. The number of nitrogens with zero attached hydrogens (tertiary/aromatic N) is 1. The van der Waals surface area contributed by atoms with Gasteiger partial charge in [-0.05, 0) is 5.92 Å². The fourth-order valence-electron chi connectivity index (χ4n) is 1.28. The first-order chi connectivity index (χ1) is 6.07. The standard InChI is InChI=1S/C8H12BrNO3/c1-5(2)6-4-13-8(12)10(6)7(11)3-9/h5-6H,3-4H2,1-2H3/t6-/m0/s1. The average molecular weight is 250 g/mol. The van der Waals surface area contributed by atoms with Gasteiger partial charge in [-0.2, -0.15) is 0 Å². The van der Waals surface area contributed by atoms with Crippen molar-refractivity contribution in [1.29, 1.82) is 0 Å². The summed E-state index contributed by atoms with van der Waals surface area (Å²) >= 11 is 3.03. The third kappa shape index (κ3) is 2.02. The van der Waals surface area contributed by atoms with E-state index < -0.39 is 6.09 Å². The minimum Gasteiger partial charge on any atom is -0.447 e. The monoisotopic (exact) mass is 249 g/mol. The molecule has 1 saturated heterocycles. The van der Waals surface area contributed by atoms with E-state index >= 15 is 0 Å². The number of carbonyl (C=O) groups is 2. The molecule has 0 radical (unpaired) electrons. The van der Waals surface area contributed by atoms with Crippen LogP contribution in [0.2, 0.25) is 0 Å². The van der Waals surface area contributed by atoms with E-state index in [2.05, 4.69) is 15.9 Å². The van der Waals surface area contributed by atoms with Gasteiger partial charge >= 0.3 is 6.09 Å². The van der Waals surface area contributed by atoms with Gasteiger partial charge in [-0.1, -0.05) is 29.8 Å². The lowest BCUT2D eigenvalue weighted by atomic mass is 10.1. The minimum atomic E-state index is -0.525. The predicted molar refractivity (Wildman–Crippen MR) is 50.6 cm³/mol. The lowest BCUT2D eigenvalue weighted by Crippen LogP contribution is -2.42. The molecule has 1 fully saturated rings. The lowest BCUT2D eigenvalue weighted by molar-refractivity contribution is -0.126. The van der Waals surface area contributed by atoms with Crippen LogP contribution in [0.15, 0.2) is 0 Å². The molecule has 0 aromatic heterocycles. The third-order valence-electron chi connectivity index (χ3n) is 2.06. The molecule has 1 rings (SSSR count). The van der Waals surface area contributed by atoms with Gasteiger partial charge in [0, 0.05) is 0 Å². The SMILES string of the molecule is CC(C)[C@@H]1COC(=O)N1C(=O)CBr. The molecule has 1 aliphatic heterocycles. The average Bonchev–Trinajstić information content (AvgIpc) is 2.46. The molecule has 2 amide bonds. The fourth-order valence-corrected chi connectivity index (χ4v) is 1.55. The zero-order valence-electron chi connectivity index (χ0n) is 7.62. The number of amides is 2. The number of hydrogen-bond acceptors (Lipinski definition) is 3. The zero-order valence-corrected chi connectivity index (χ0v) is 9.20. The molecule has 1 atom stereocenters. The number of imide groups is 1. The Hall–Kier alpha value is -0.580.